The van der Waals surface area contributed by atoms with E-state index in [2.05, 4.69) is 51.0 Å². The Kier molecular flexibility index (Phi) is 7.01. The van der Waals surface area contributed by atoms with E-state index < -0.39 is 0 Å². The van der Waals surface area contributed by atoms with E-state index in [0.717, 1.165) is 37.1 Å². The van der Waals surface area contributed by atoms with E-state index in [4.69, 9.17) is 0 Å². The summed E-state index contributed by atoms with van der Waals surface area (Å²) in [6.07, 6.45) is 10.8. The van der Waals surface area contributed by atoms with Gasteiger partial charge in [-0.15, -0.1) is 10.2 Å². The molecule has 1 saturated carbocycles. The van der Waals surface area contributed by atoms with Crippen LogP contribution in [0.25, 0.3) is 0 Å². The molecule has 184 valence electrons. The number of carbonyl (C=O) groups excluding carboxylic acids is 2. The highest BCUT2D eigenvalue weighted by Crippen LogP contribution is 2.40. The number of anilines is 2. The number of nitrogens with one attached hydrogen (secondary N) is 4. The van der Waals surface area contributed by atoms with Gasteiger partial charge in [0, 0.05) is 24.2 Å². The molecule has 0 bridgehead atoms. The van der Waals surface area contributed by atoms with Crippen molar-refractivity contribution in [2.45, 2.75) is 50.4 Å². The van der Waals surface area contributed by atoms with Crippen LogP contribution in [0.15, 0.2) is 49.3 Å². The van der Waals surface area contributed by atoms with Crippen LogP contribution in [0.2, 0.25) is 0 Å². The number of aromatic amines is 2. The van der Waals surface area contributed by atoms with Gasteiger partial charge in [0.25, 0.3) is 0 Å². The molecule has 1 aliphatic rings. The van der Waals surface area contributed by atoms with Crippen molar-refractivity contribution in [3.8, 4) is 0 Å². The van der Waals surface area contributed by atoms with E-state index in [9.17, 15) is 9.59 Å². The van der Waals surface area contributed by atoms with Gasteiger partial charge in [0.1, 0.15) is 0 Å². The lowest BCUT2D eigenvalue weighted by Crippen LogP contribution is -2.18. The summed E-state index contributed by atoms with van der Waals surface area (Å²) in [6, 6.07) is 7.42. The number of aromatic nitrogens is 8. The summed E-state index contributed by atoms with van der Waals surface area (Å²) in [4.78, 5) is 38.1. The van der Waals surface area contributed by atoms with E-state index in [1.807, 2.05) is 12.1 Å². The van der Waals surface area contributed by atoms with Crippen LogP contribution in [0.3, 0.4) is 0 Å². The second kappa shape index (κ2) is 10.8. The summed E-state index contributed by atoms with van der Waals surface area (Å²) < 4.78 is 0. The summed E-state index contributed by atoms with van der Waals surface area (Å²) >= 11 is 0. The number of imidazole rings is 2. The fourth-order valence-corrected chi connectivity index (χ4v) is 4.46. The van der Waals surface area contributed by atoms with Crippen molar-refractivity contribution in [3.05, 3.63) is 72.1 Å². The van der Waals surface area contributed by atoms with E-state index in [1.54, 1.807) is 24.5 Å². The number of carbonyl (C=O) groups is 2. The molecule has 4 aromatic heterocycles. The largest absolute Gasteiger partial charge is 0.351 e. The van der Waals surface area contributed by atoms with Crippen molar-refractivity contribution in [1.29, 1.82) is 0 Å². The highest BCUT2D eigenvalue weighted by molar-refractivity contribution is 5.91. The van der Waals surface area contributed by atoms with Crippen molar-refractivity contribution in [2.24, 2.45) is 0 Å². The Labute approximate surface area is 206 Å². The molecule has 12 heteroatoms. The second-order valence-electron chi connectivity index (χ2n) is 8.82. The van der Waals surface area contributed by atoms with E-state index in [0.29, 0.717) is 23.0 Å². The smallest absolute Gasteiger partial charge is 0.231 e. The molecule has 4 N–H and O–H groups in total. The Morgan fingerprint density at radius 1 is 0.750 bits per heavy atom. The number of nitrogens with zero attached hydrogens (tertiary/aromatic N) is 6. The molecule has 0 radical (unpaired) electrons. The lowest BCUT2D eigenvalue weighted by molar-refractivity contribution is -0.116. The van der Waals surface area contributed by atoms with Crippen LogP contribution in [0.1, 0.15) is 60.3 Å². The van der Waals surface area contributed by atoms with Crippen LogP contribution >= 0.6 is 0 Å². The topological polar surface area (TPSA) is 167 Å². The highest BCUT2D eigenvalue weighted by atomic mass is 16.2. The Bertz CT molecular complexity index is 1170. The van der Waals surface area contributed by atoms with Crippen LogP contribution in [0, 0.1) is 0 Å². The molecule has 0 saturated heterocycles. The van der Waals surface area contributed by atoms with Crippen LogP contribution in [0.5, 0.6) is 0 Å². The molecule has 1 fully saturated rings. The van der Waals surface area contributed by atoms with Gasteiger partial charge >= 0.3 is 0 Å². The first-order valence-electron chi connectivity index (χ1n) is 11.8. The lowest BCUT2D eigenvalue weighted by Gasteiger charge is -2.28. The monoisotopic (exact) mass is 486 g/mol. The molecule has 0 spiro atoms. The standard InChI is InChI=1S/C24H26N10O2/c35-23(9-17-11-25-13-27-17)29-21-6-4-19(31-33-21)15-2-1-3-16(8-15)20-5-7-22(34-32-20)30-24(36)10-18-12-26-14-28-18/h4-7,11-16H,1-3,8-10H2,(H,25,27)(H,26,28)(H,29,33,35)(H,30,34,36)/t15-,16-/m0/s1. The van der Waals surface area contributed by atoms with Crippen molar-refractivity contribution >= 4 is 23.5 Å². The molecule has 2 amide bonds. The summed E-state index contributed by atoms with van der Waals surface area (Å²) in [5.74, 6) is 0.951. The Morgan fingerprint density at radius 3 is 1.64 bits per heavy atom. The van der Waals surface area contributed by atoms with Crippen molar-refractivity contribution in [3.63, 3.8) is 0 Å². The molecule has 2 atom stereocenters. The lowest BCUT2D eigenvalue weighted by atomic mass is 9.78. The number of amides is 2. The van der Waals surface area contributed by atoms with Gasteiger partial charge in [0.2, 0.25) is 11.8 Å². The van der Waals surface area contributed by atoms with Gasteiger partial charge in [-0.1, -0.05) is 6.42 Å². The maximum atomic E-state index is 12.1. The molecule has 0 aliphatic heterocycles. The van der Waals surface area contributed by atoms with Crippen LogP contribution in [0.4, 0.5) is 11.6 Å². The SMILES string of the molecule is O=C(Cc1c[nH]cn1)Nc1ccc([C@H]2CCC[C@H](c3ccc(NC(=O)Cc4c[nH]cn4)nn3)C2)nn1. The normalized spacial score (nSPS) is 17.4. The quantitative estimate of drug-likeness (QED) is 0.295. The molecule has 0 unspecified atom stereocenters. The van der Waals surface area contributed by atoms with Gasteiger partial charge in [-0.05, 0) is 43.5 Å². The van der Waals surface area contributed by atoms with Gasteiger partial charge in [0.05, 0.1) is 48.3 Å². The molecular formula is C24H26N10O2. The fraction of sp³-hybridized carbons (Fsp3) is 0.333. The zero-order chi connectivity index (χ0) is 24.7. The summed E-state index contributed by atoms with van der Waals surface area (Å²) in [5.41, 5.74) is 3.14. The third-order valence-corrected chi connectivity index (χ3v) is 6.21. The van der Waals surface area contributed by atoms with Gasteiger partial charge in [-0.2, -0.15) is 10.2 Å². The van der Waals surface area contributed by atoms with Gasteiger partial charge < -0.3 is 20.6 Å². The molecule has 12 nitrogen and oxygen atoms in total. The number of hydrogen-bond donors (Lipinski definition) is 4. The summed E-state index contributed by atoms with van der Waals surface area (Å²) in [5, 5.41) is 22.7. The fourth-order valence-electron chi connectivity index (χ4n) is 4.46. The first kappa shape index (κ1) is 23.3. The second-order valence-corrected chi connectivity index (χ2v) is 8.82. The van der Waals surface area contributed by atoms with E-state index in [-0.39, 0.29) is 36.5 Å². The minimum Gasteiger partial charge on any atom is -0.351 e. The van der Waals surface area contributed by atoms with Gasteiger partial charge in [0.15, 0.2) is 11.6 Å². The third-order valence-electron chi connectivity index (χ3n) is 6.21. The third kappa shape index (κ3) is 5.95. The van der Waals surface area contributed by atoms with Gasteiger partial charge in [-0.3, -0.25) is 9.59 Å². The Hall–Kier alpha value is -4.48. The molecule has 36 heavy (non-hydrogen) atoms. The maximum absolute atomic E-state index is 12.1. The van der Waals surface area contributed by atoms with Crippen LogP contribution in [-0.4, -0.2) is 52.1 Å². The van der Waals surface area contributed by atoms with E-state index >= 15 is 0 Å². The van der Waals surface area contributed by atoms with Crippen LogP contribution < -0.4 is 10.6 Å². The van der Waals surface area contributed by atoms with Crippen molar-refractivity contribution in [2.75, 3.05) is 10.6 Å². The Morgan fingerprint density at radius 2 is 1.25 bits per heavy atom. The molecule has 1 aliphatic carbocycles. The molecular weight excluding hydrogens is 460 g/mol. The first-order valence-corrected chi connectivity index (χ1v) is 11.8. The number of hydrogen-bond acceptors (Lipinski definition) is 8. The highest BCUT2D eigenvalue weighted by Gasteiger charge is 2.27. The first-order chi connectivity index (χ1) is 17.6. The van der Waals surface area contributed by atoms with Gasteiger partial charge in [-0.25, -0.2) is 9.97 Å². The van der Waals surface area contributed by atoms with Crippen LogP contribution in [-0.2, 0) is 22.4 Å². The minimum absolute atomic E-state index is 0.171. The van der Waals surface area contributed by atoms with E-state index in [1.165, 1.54) is 12.7 Å². The summed E-state index contributed by atoms with van der Waals surface area (Å²) in [7, 11) is 0. The number of rotatable bonds is 8. The average molecular weight is 487 g/mol. The zero-order valence-corrected chi connectivity index (χ0v) is 19.5. The minimum atomic E-state index is -0.193. The molecule has 5 rings (SSSR count). The number of H-pyrrole nitrogens is 2. The molecule has 0 aromatic carbocycles. The average Bonchev–Trinajstić information content (AvgIpc) is 3.59. The molecule has 4 heterocycles. The van der Waals surface area contributed by atoms with Crippen molar-refractivity contribution in [1.82, 2.24) is 40.3 Å². The predicted octanol–water partition coefficient (Wildman–Crippen LogP) is 2.52. The summed E-state index contributed by atoms with van der Waals surface area (Å²) in [6.45, 7) is 0. The predicted molar refractivity (Wildman–Crippen MR) is 130 cm³/mol. The maximum Gasteiger partial charge on any atom is 0.231 e. The zero-order valence-electron chi connectivity index (χ0n) is 19.5. The Balaban J connectivity index is 1.15. The molecule has 4 aromatic rings. The van der Waals surface area contributed by atoms with Crippen molar-refractivity contribution < 1.29 is 9.59 Å².